The molecule has 2 N–H and O–H groups in total. The third-order valence-electron chi connectivity index (χ3n) is 2.77. The van der Waals surface area contributed by atoms with Crippen molar-refractivity contribution in [3.8, 4) is 0 Å². The number of alkyl halides is 3. The van der Waals surface area contributed by atoms with E-state index in [1.165, 1.54) is 0 Å². The van der Waals surface area contributed by atoms with Crippen LogP contribution < -0.4 is 10.6 Å². The number of aromatic nitrogens is 2. The average molecular weight is 304 g/mol. The summed E-state index contributed by atoms with van der Waals surface area (Å²) in [5.74, 6) is 0.657. The molecule has 1 atom stereocenters. The number of hydrogen-bond acceptors (Lipinski definition) is 4. The van der Waals surface area contributed by atoms with Gasteiger partial charge in [0.1, 0.15) is 5.82 Å². The van der Waals surface area contributed by atoms with Crippen molar-refractivity contribution in [2.45, 2.75) is 52.8 Å². The number of nitrogens with one attached hydrogen (secondary N) is 2. The van der Waals surface area contributed by atoms with E-state index < -0.39 is 11.9 Å². The molecular weight excluding hydrogens is 281 g/mol. The van der Waals surface area contributed by atoms with Crippen LogP contribution in [0.1, 0.15) is 46.2 Å². The number of nitrogens with zero attached hydrogens (tertiary/aromatic N) is 2. The summed E-state index contributed by atoms with van der Waals surface area (Å²) in [6.45, 7) is 8.50. The number of hydrogen-bond donors (Lipinski definition) is 2. The van der Waals surface area contributed by atoms with Crippen LogP contribution in [-0.2, 0) is 6.18 Å². The fraction of sp³-hybridized carbons (Fsp3) is 0.714. The molecule has 1 aromatic rings. The number of rotatable bonds is 7. The van der Waals surface area contributed by atoms with E-state index in [1.807, 2.05) is 13.8 Å². The lowest BCUT2D eigenvalue weighted by Crippen LogP contribution is -2.20. The lowest BCUT2D eigenvalue weighted by Gasteiger charge is -2.18. The average Bonchev–Trinajstić information content (AvgIpc) is 2.33. The largest absolute Gasteiger partial charge is 0.433 e. The SMILES string of the molecule is CCCNc1nc(NC(C)CC(C)C)cc(C(F)(F)F)n1. The quantitative estimate of drug-likeness (QED) is 0.794. The Morgan fingerprint density at radius 2 is 1.86 bits per heavy atom. The fourth-order valence-corrected chi connectivity index (χ4v) is 2.00. The zero-order valence-corrected chi connectivity index (χ0v) is 12.9. The van der Waals surface area contributed by atoms with E-state index in [9.17, 15) is 13.2 Å². The minimum absolute atomic E-state index is 0.00548. The van der Waals surface area contributed by atoms with Gasteiger partial charge in [-0.05, 0) is 25.7 Å². The predicted octanol–water partition coefficient (Wildman–Crippen LogP) is 4.16. The normalized spacial score (nSPS) is 13.3. The van der Waals surface area contributed by atoms with Crippen LogP contribution in [-0.4, -0.2) is 22.6 Å². The highest BCUT2D eigenvalue weighted by Gasteiger charge is 2.33. The first kappa shape index (κ1) is 17.5. The van der Waals surface area contributed by atoms with Crippen molar-refractivity contribution >= 4 is 11.8 Å². The second-order valence-electron chi connectivity index (χ2n) is 5.56. The molecule has 0 aromatic carbocycles. The van der Waals surface area contributed by atoms with Crippen LogP contribution in [0.5, 0.6) is 0 Å². The predicted molar refractivity (Wildman–Crippen MR) is 78.4 cm³/mol. The second kappa shape index (κ2) is 7.47. The summed E-state index contributed by atoms with van der Waals surface area (Å²) in [7, 11) is 0. The van der Waals surface area contributed by atoms with Crippen molar-refractivity contribution in [1.29, 1.82) is 0 Å². The van der Waals surface area contributed by atoms with Crippen LogP contribution in [0.4, 0.5) is 24.9 Å². The van der Waals surface area contributed by atoms with Crippen LogP contribution in [0.2, 0.25) is 0 Å². The summed E-state index contributed by atoms with van der Waals surface area (Å²) in [6.07, 6.45) is -2.85. The molecule has 1 heterocycles. The summed E-state index contributed by atoms with van der Waals surface area (Å²) < 4.78 is 38.6. The zero-order chi connectivity index (χ0) is 16.0. The fourth-order valence-electron chi connectivity index (χ4n) is 2.00. The minimum atomic E-state index is -4.48. The molecule has 0 aliphatic heterocycles. The van der Waals surface area contributed by atoms with Crippen molar-refractivity contribution in [3.63, 3.8) is 0 Å². The van der Waals surface area contributed by atoms with Gasteiger partial charge in [-0.3, -0.25) is 0 Å². The molecule has 0 radical (unpaired) electrons. The van der Waals surface area contributed by atoms with E-state index in [0.717, 1.165) is 18.9 Å². The Balaban J connectivity index is 2.95. The third-order valence-corrected chi connectivity index (χ3v) is 2.77. The molecule has 1 unspecified atom stereocenters. The maximum atomic E-state index is 12.9. The van der Waals surface area contributed by atoms with E-state index >= 15 is 0 Å². The summed E-state index contributed by atoms with van der Waals surface area (Å²) >= 11 is 0. The van der Waals surface area contributed by atoms with Crippen molar-refractivity contribution < 1.29 is 13.2 Å². The first-order valence-electron chi connectivity index (χ1n) is 7.19. The smallest absolute Gasteiger partial charge is 0.367 e. The molecule has 0 fully saturated rings. The van der Waals surface area contributed by atoms with Crippen LogP contribution >= 0.6 is 0 Å². The molecule has 21 heavy (non-hydrogen) atoms. The Kier molecular flexibility index (Phi) is 6.23. The van der Waals surface area contributed by atoms with Gasteiger partial charge in [0.25, 0.3) is 0 Å². The standard InChI is InChI=1S/C14H23F3N4/c1-5-6-18-13-20-11(14(15,16)17)8-12(21-13)19-10(4)7-9(2)3/h8-10H,5-7H2,1-4H3,(H2,18,19,20,21). The highest BCUT2D eigenvalue weighted by molar-refractivity contribution is 5.43. The van der Waals surface area contributed by atoms with Crippen LogP contribution in [0.3, 0.4) is 0 Å². The van der Waals surface area contributed by atoms with Gasteiger partial charge in [-0.2, -0.15) is 18.2 Å². The van der Waals surface area contributed by atoms with Gasteiger partial charge in [0, 0.05) is 18.7 Å². The third kappa shape index (κ3) is 6.18. The highest BCUT2D eigenvalue weighted by atomic mass is 19.4. The Morgan fingerprint density at radius 3 is 2.38 bits per heavy atom. The van der Waals surface area contributed by atoms with Crippen molar-refractivity contribution in [3.05, 3.63) is 11.8 Å². The summed E-state index contributed by atoms with van der Waals surface area (Å²) in [5, 5.41) is 5.81. The van der Waals surface area contributed by atoms with Gasteiger partial charge in [0.15, 0.2) is 5.69 Å². The Morgan fingerprint density at radius 1 is 1.19 bits per heavy atom. The maximum Gasteiger partial charge on any atom is 0.433 e. The topological polar surface area (TPSA) is 49.8 Å². The van der Waals surface area contributed by atoms with E-state index in [2.05, 4.69) is 34.4 Å². The van der Waals surface area contributed by atoms with Gasteiger partial charge in [-0.15, -0.1) is 0 Å². The van der Waals surface area contributed by atoms with E-state index in [0.29, 0.717) is 12.5 Å². The molecule has 0 aliphatic rings. The first-order chi connectivity index (χ1) is 9.72. The van der Waals surface area contributed by atoms with E-state index in [1.54, 1.807) is 0 Å². The molecule has 120 valence electrons. The van der Waals surface area contributed by atoms with E-state index in [-0.39, 0.29) is 17.8 Å². The number of halogens is 3. The summed E-state index contributed by atoms with van der Waals surface area (Å²) in [6, 6.07) is 0.994. The Bertz CT molecular complexity index is 446. The Labute approximate surface area is 123 Å². The van der Waals surface area contributed by atoms with Crippen LogP contribution in [0.15, 0.2) is 6.07 Å². The molecule has 0 saturated heterocycles. The van der Waals surface area contributed by atoms with Crippen molar-refractivity contribution in [2.75, 3.05) is 17.2 Å². The monoisotopic (exact) mass is 304 g/mol. The van der Waals surface area contributed by atoms with Gasteiger partial charge >= 0.3 is 6.18 Å². The lowest BCUT2D eigenvalue weighted by molar-refractivity contribution is -0.141. The van der Waals surface area contributed by atoms with Gasteiger partial charge in [-0.25, -0.2) is 4.98 Å². The number of anilines is 2. The zero-order valence-electron chi connectivity index (χ0n) is 12.9. The highest BCUT2D eigenvalue weighted by Crippen LogP contribution is 2.30. The molecule has 0 aliphatic carbocycles. The Hall–Kier alpha value is -1.53. The molecule has 7 heteroatoms. The molecule has 0 amide bonds. The summed E-state index contributed by atoms with van der Waals surface area (Å²) in [4.78, 5) is 7.62. The van der Waals surface area contributed by atoms with Crippen LogP contribution in [0.25, 0.3) is 0 Å². The molecule has 0 saturated carbocycles. The van der Waals surface area contributed by atoms with Crippen molar-refractivity contribution in [1.82, 2.24) is 9.97 Å². The first-order valence-corrected chi connectivity index (χ1v) is 7.19. The molecular formula is C14H23F3N4. The molecule has 4 nitrogen and oxygen atoms in total. The molecule has 0 bridgehead atoms. The minimum Gasteiger partial charge on any atom is -0.367 e. The lowest BCUT2D eigenvalue weighted by atomic mass is 10.1. The molecule has 0 spiro atoms. The van der Waals surface area contributed by atoms with Gasteiger partial charge in [0.2, 0.25) is 5.95 Å². The van der Waals surface area contributed by atoms with Crippen molar-refractivity contribution in [2.24, 2.45) is 5.92 Å². The van der Waals surface area contributed by atoms with Gasteiger partial charge in [0.05, 0.1) is 0 Å². The van der Waals surface area contributed by atoms with Crippen LogP contribution in [0, 0.1) is 5.92 Å². The summed E-state index contributed by atoms with van der Waals surface area (Å²) in [5.41, 5.74) is -0.935. The van der Waals surface area contributed by atoms with Gasteiger partial charge < -0.3 is 10.6 Å². The second-order valence-corrected chi connectivity index (χ2v) is 5.56. The van der Waals surface area contributed by atoms with Gasteiger partial charge in [-0.1, -0.05) is 20.8 Å². The maximum absolute atomic E-state index is 12.9. The molecule has 1 aromatic heterocycles. The van der Waals surface area contributed by atoms with E-state index in [4.69, 9.17) is 0 Å². The molecule has 1 rings (SSSR count).